The molecule has 29 atom stereocenters. The predicted molar refractivity (Wildman–Crippen MR) is 381 cm³/mol. The highest BCUT2D eigenvalue weighted by atomic mass is 16.8. The van der Waals surface area contributed by atoms with E-state index in [1.807, 2.05) is 0 Å². The van der Waals surface area contributed by atoms with Gasteiger partial charge in [0.25, 0.3) is 11.6 Å². The first kappa shape index (κ1) is 96.6. The quantitative estimate of drug-likeness (QED) is 0.0275. The van der Waals surface area contributed by atoms with Gasteiger partial charge in [-0.3, -0.25) is 14.4 Å². The number of ether oxygens (including phenoxy) is 10. The van der Waals surface area contributed by atoms with Gasteiger partial charge in [0.05, 0.1) is 82.2 Å². The Morgan fingerprint density at radius 3 is 1.42 bits per heavy atom. The number of amides is 3. The molecule has 0 aliphatic carbocycles. The molecule has 0 saturated carbocycles. The Morgan fingerprint density at radius 2 is 0.936 bits per heavy atom. The molecular weight excluding hydrogens is 1460 g/mol. The first-order chi connectivity index (χ1) is 52.3. The molecule has 0 spiro atoms. The maximum Gasteiger partial charge on any atom is 0.364 e. The lowest BCUT2D eigenvalue weighted by molar-refractivity contribution is -0.404. The molecule has 0 aromatic rings. The molecule has 37 nitrogen and oxygen atoms in total. The Bertz CT molecular complexity index is 2700. The largest absolute Gasteiger partial charge is 0.477 e. The van der Waals surface area contributed by atoms with E-state index in [1.54, 1.807) is 0 Å². The second-order valence-electron chi connectivity index (χ2n) is 30.0. The van der Waals surface area contributed by atoms with Gasteiger partial charge in [-0.25, -0.2) is 9.59 Å². The standard InChI is InChI=1S/C73H129N3O34/c1-6-8-10-12-14-16-17-18-19-21-22-24-26-28-44(85)43(76-52(89)29-27-25-23-20-15-13-11-9-7-2)38-101-68-60(95)59(94)62(50(36-80)103-68)105-69-61(96)66(63(51(37-81)104-69)106-67-42(30-39(3)82)55(90)57(92)48(34-78)102-67)110-73(71(99)100)32-46(87)54(75-41(5)84)65(109-73)58(93)49(35-79)107-72(70(97)98)31-45(86)53(74-40(4)83)64(108-72)56(91)47(88)33-77/h42-51,53-69,77-81,85-88,90-96H,6-38H2,1-5H3,(H,74,83)(H,75,84)(H,76,89)(H,97,98)(H,99,100)/t42-,43+,44-,45+,46+,47-,48-,49-,50-,51-,53-,54-,55-,56-,57+,58-,59-,60-,61-,62-,63+,64?,65?,66-,67+,68-,69+,72-,73+/m1/s1. The van der Waals surface area contributed by atoms with Gasteiger partial charge in [0.15, 0.2) is 18.9 Å². The number of unbranched alkanes of at least 4 members (excludes halogenated alkanes) is 20. The van der Waals surface area contributed by atoms with Crippen LogP contribution in [0.15, 0.2) is 0 Å². The molecule has 0 radical (unpaired) electrons. The van der Waals surface area contributed by atoms with Crippen LogP contribution in [0.3, 0.4) is 0 Å². The maximum atomic E-state index is 14.2. The summed E-state index contributed by atoms with van der Waals surface area (Å²) in [6.45, 7) is 0.716. The summed E-state index contributed by atoms with van der Waals surface area (Å²) in [5.74, 6) is -15.8. The normalized spacial score (nSPS) is 34.4. The number of carboxylic acids is 2. The number of rotatable bonds is 52. The van der Waals surface area contributed by atoms with Crippen molar-refractivity contribution in [1.29, 1.82) is 0 Å². The van der Waals surface area contributed by atoms with E-state index < -0.39 is 265 Å². The Hall–Kier alpha value is -4.02. The summed E-state index contributed by atoms with van der Waals surface area (Å²) in [6, 6.07) is -4.86. The summed E-state index contributed by atoms with van der Waals surface area (Å²) in [7, 11) is 0. The van der Waals surface area contributed by atoms with Gasteiger partial charge in [0.2, 0.25) is 17.7 Å². The number of carbonyl (C=O) groups is 6. The molecule has 5 heterocycles. The molecule has 21 N–H and O–H groups in total. The first-order valence-electron chi connectivity index (χ1n) is 39.3. The van der Waals surface area contributed by atoms with Gasteiger partial charge in [0.1, 0.15) is 103 Å². The molecule has 5 saturated heterocycles. The maximum absolute atomic E-state index is 14.2. The minimum absolute atomic E-state index is 0.137. The van der Waals surface area contributed by atoms with Crippen LogP contribution in [0.5, 0.6) is 0 Å². The van der Waals surface area contributed by atoms with E-state index in [0.717, 1.165) is 91.4 Å². The second kappa shape index (κ2) is 48.5. The number of nitrogens with one attached hydrogen (secondary N) is 3. The Kier molecular flexibility index (Phi) is 42.6. The van der Waals surface area contributed by atoms with Crippen LogP contribution in [0.25, 0.3) is 0 Å². The summed E-state index contributed by atoms with van der Waals surface area (Å²) < 4.78 is 60.0. The van der Waals surface area contributed by atoms with Crippen molar-refractivity contribution in [2.75, 3.05) is 39.6 Å². The Morgan fingerprint density at radius 1 is 0.482 bits per heavy atom. The molecule has 3 amide bonds. The molecule has 2 unspecified atom stereocenters. The molecule has 5 aliphatic rings. The van der Waals surface area contributed by atoms with Crippen molar-refractivity contribution in [2.24, 2.45) is 5.92 Å². The third-order valence-electron chi connectivity index (χ3n) is 21.1. The molecular formula is C73H129N3O34. The highest BCUT2D eigenvalue weighted by molar-refractivity contribution is 5.78. The molecule has 5 rings (SSSR count). The minimum atomic E-state index is -3.57. The number of aliphatic hydroxyl groups is 16. The zero-order valence-corrected chi connectivity index (χ0v) is 64.0. The van der Waals surface area contributed by atoms with Crippen molar-refractivity contribution in [3.05, 3.63) is 0 Å². The van der Waals surface area contributed by atoms with Crippen LogP contribution in [0.4, 0.5) is 0 Å². The van der Waals surface area contributed by atoms with Gasteiger partial charge in [-0.2, -0.15) is 0 Å². The van der Waals surface area contributed by atoms with Crippen LogP contribution in [0.2, 0.25) is 0 Å². The predicted octanol–water partition coefficient (Wildman–Crippen LogP) is -2.72. The van der Waals surface area contributed by atoms with Gasteiger partial charge in [-0.05, 0) is 19.8 Å². The lowest BCUT2D eigenvalue weighted by atomic mass is 9.86. The van der Waals surface area contributed by atoms with Crippen LogP contribution in [0, 0.1) is 5.92 Å². The monoisotopic (exact) mass is 1590 g/mol. The SMILES string of the molecule is CCCCCCCCCCCCCCC[C@@H](O)[C@H](CO[C@@H]1O[C@H](CO)[C@@H](O[C@@H]2O[C@H](CO)[C@H](O[C@@H]3O[C@H](CO)[C@H](O)[C@H](O)[C@H]3CC(C)=O)[C@H](O[C@]3(C(=O)O)C[C@H](O)[C@@H](NC(C)=O)C([C@H](O)[C@@H](CO)O[C@]4(C(=O)O)C[C@H](O)[C@@H](NC(C)=O)C([C@H](O)[C@H](O)CO)O4)O3)[C@H]2O)[C@H](O)[C@H]1O)NC(=O)CCCCCCCCCCC. The van der Waals surface area contributed by atoms with E-state index in [0.29, 0.717) is 12.8 Å². The Balaban J connectivity index is 1.47. The van der Waals surface area contributed by atoms with Crippen molar-refractivity contribution in [1.82, 2.24) is 16.0 Å². The number of hydrogen-bond acceptors (Lipinski definition) is 32. The summed E-state index contributed by atoms with van der Waals surface area (Å²) >= 11 is 0. The van der Waals surface area contributed by atoms with Crippen LogP contribution in [-0.2, 0) is 76.1 Å². The topological polar surface area (TPSA) is 595 Å². The highest BCUT2D eigenvalue weighted by Gasteiger charge is 2.64. The molecule has 37 heteroatoms. The number of Topliss-reactive ketones (excluding diaryl/α,β-unsaturated/α-hetero) is 1. The molecule has 0 bridgehead atoms. The summed E-state index contributed by atoms with van der Waals surface area (Å²) in [5, 5.41) is 210. The average molecular weight is 1590 g/mol. The average Bonchev–Trinajstić information content (AvgIpc) is 0.774. The van der Waals surface area contributed by atoms with Crippen molar-refractivity contribution >= 4 is 35.4 Å². The van der Waals surface area contributed by atoms with E-state index in [2.05, 4.69) is 29.8 Å². The van der Waals surface area contributed by atoms with Crippen molar-refractivity contribution < 1.29 is 168 Å². The fourth-order valence-corrected chi connectivity index (χ4v) is 14.9. The summed E-state index contributed by atoms with van der Waals surface area (Å²) in [6.07, 6.45) is -28.9. The number of carboxylic acid groups (broad SMARTS) is 2. The molecule has 0 aromatic heterocycles. The molecule has 5 aliphatic heterocycles. The van der Waals surface area contributed by atoms with Crippen LogP contribution in [-0.4, -0.2) is 338 Å². The fourth-order valence-electron chi connectivity index (χ4n) is 14.9. The van der Waals surface area contributed by atoms with Gasteiger partial charge in [-0.15, -0.1) is 0 Å². The van der Waals surface area contributed by atoms with Gasteiger partial charge < -0.3 is 160 Å². The minimum Gasteiger partial charge on any atom is -0.477 e. The number of hydrogen-bond donors (Lipinski definition) is 21. The van der Waals surface area contributed by atoms with E-state index in [4.69, 9.17) is 47.4 Å². The van der Waals surface area contributed by atoms with Crippen molar-refractivity contribution in [2.45, 2.75) is 379 Å². The Labute approximate surface area is 641 Å². The third-order valence-corrected chi connectivity index (χ3v) is 21.1. The number of aliphatic hydroxyl groups excluding tert-OH is 16. The van der Waals surface area contributed by atoms with E-state index in [1.165, 1.54) is 57.8 Å². The molecule has 5 fully saturated rings. The van der Waals surface area contributed by atoms with Gasteiger partial charge in [-0.1, -0.05) is 149 Å². The number of ketones is 1. The number of carbonyl (C=O) groups excluding carboxylic acids is 4. The van der Waals surface area contributed by atoms with Crippen LogP contribution in [0.1, 0.15) is 208 Å². The van der Waals surface area contributed by atoms with Crippen LogP contribution >= 0.6 is 0 Å². The van der Waals surface area contributed by atoms with E-state index in [9.17, 15) is 121 Å². The number of aliphatic carboxylic acids is 2. The lowest BCUT2D eigenvalue weighted by Gasteiger charge is -2.52. The van der Waals surface area contributed by atoms with E-state index in [-0.39, 0.29) is 18.7 Å². The van der Waals surface area contributed by atoms with Crippen molar-refractivity contribution in [3.63, 3.8) is 0 Å². The zero-order valence-electron chi connectivity index (χ0n) is 64.0. The molecule has 0 aromatic carbocycles. The third kappa shape index (κ3) is 27.9. The highest BCUT2D eigenvalue weighted by Crippen LogP contribution is 2.43. The second-order valence-corrected chi connectivity index (χ2v) is 30.0. The van der Waals surface area contributed by atoms with E-state index >= 15 is 0 Å². The smallest absolute Gasteiger partial charge is 0.364 e. The molecule has 110 heavy (non-hydrogen) atoms. The summed E-state index contributed by atoms with van der Waals surface area (Å²) in [5.41, 5.74) is 0. The molecule has 640 valence electrons. The fraction of sp³-hybridized carbons (Fsp3) is 0.918. The summed E-state index contributed by atoms with van der Waals surface area (Å²) in [4.78, 5) is 79.0. The first-order valence-corrected chi connectivity index (χ1v) is 39.3. The van der Waals surface area contributed by atoms with Gasteiger partial charge in [0, 0.05) is 45.4 Å². The lowest BCUT2D eigenvalue weighted by Crippen LogP contribution is -2.72. The van der Waals surface area contributed by atoms with Gasteiger partial charge >= 0.3 is 11.9 Å². The zero-order chi connectivity index (χ0) is 81.6. The van der Waals surface area contributed by atoms with Crippen molar-refractivity contribution in [3.8, 4) is 0 Å². The van der Waals surface area contributed by atoms with Crippen LogP contribution < -0.4 is 16.0 Å².